The molecule has 124 valence electrons. The third-order valence-corrected chi connectivity index (χ3v) is 4.30. The number of amides is 2. The average Bonchev–Trinajstić information content (AvgIpc) is 3.17. The van der Waals surface area contributed by atoms with Crippen LogP contribution in [0, 0.1) is 5.92 Å². The van der Waals surface area contributed by atoms with Crippen molar-refractivity contribution in [1.82, 2.24) is 4.98 Å². The van der Waals surface area contributed by atoms with Crippen LogP contribution in [0.3, 0.4) is 0 Å². The molecule has 0 N–H and O–H groups in total. The molecule has 2 amide bonds. The van der Waals surface area contributed by atoms with E-state index in [2.05, 4.69) is 10.1 Å². The van der Waals surface area contributed by atoms with Gasteiger partial charge in [0, 0.05) is 23.5 Å². The normalized spacial score (nSPS) is 21.8. The van der Waals surface area contributed by atoms with Gasteiger partial charge in [0.05, 0.1) is 5.69 Å². The highest BCUT2D eigenvalue weighted by atomic mass is 16.6. The molecule has 7 nitrogen and oxygen atoms in total. The number of pyridine rings is 1. The zero-order valence-corrected chi connectivity index (χ0v) is 13.2. The topological polar surface area (TPSA) is 88.9 Å². The maximum absolute atomic E-state index is 12.9. The second-order valence-electron chi connectivity index (χ2n) is 5.84. The molecule has 1 aromatic heterocycles. The molecule has 1 saturated heterocycles. The number of anilines is 1. The highest BCUT2D eigenvalue weighted by Gasteiger charge is 2.56. The molecule has 2 atom stereocenters. The molecule has 25 heavy (non-hydrogen) atoms. The number of hydrogen-bond acceptors (Lipinski definition) is 6. The lowest BCUT2D eigenvalue weighted by Crippen LogP contribution is -2.33. The average molecular weight is 335 g/mol. The van der Waals surface area contributed by atoms with Crippen LogP contribution in [0.2, 0.25) is 0 Å². The summed E-state index contributed by atoms with van der Waals surface area (Å²) in [6, 6.07) is 9.82. The predicted molar refractivity (Wildman–Crippen MR) is 88.1 cm³/mol. The fraction of sp³-hybridized carbons (Fsp3) is 0.167. The van der Waals surface area contributed by atoms with E-state index in [1.54, 1.807) is 48.8 Å². The van der Waals surface area contributed by atoms with E-state index in [0.29, 0.717) is 22.5 Å². The third-order valence-electron chi connectivity index (χ3n) is 4.30. The summed E-state index contributed by atoms with van der Waals surface area (Å²) in [5, 5.41) is 3.92. The largest absolute Gasteiger partial charge is 0.381 e. The van der Waals surface area contributed by atoms with Crippen LogP contribution >= 0.6 is 0 Å². The minimum atomic E-state index is -0.963. The summed E-state index contributed by atoms with van der Waals surface area (Å²) in [6.07, 6.45) is 2.23. The molecule has 0 aliphatic carbocycles. The van der Waals surface area contributed by atoms with E-state index in [9.17, 15) is 14.4 Å². The number of imide groups is 1. The molecule has 4 rings (SSSR count). The van der Waals surface area contributed by atoms with Gasteiger partial charge in [0.1, 0.15) is 11.6 Å². The Morgan fingerprint density at radius 2 is 1.88 bits per heavy atom. The fourth-order valence-electron chi connectivity index (χ4n) is 3.03. The molecule has 0 saturated carbocycles. The quantitative estimate of drug-likeness (QED) is 0.627. The van der Waals surface area contributed by atoms with Gasteiger partial charge in [-0.05, 0) is 43.3 Å². The van der Waals surface area contributed by atoms with Gasteiger partial charge in [-0.25, -0.2) is 4.90 Å². The summed E-state index contributed by atoms with van der Waals surface area (Å²) < 4.78 is 0. The molecule has 7 heteroatoms. The summed E-state index contributed by atoms with van der Waals surface area (Å²) >= 11 is 0. The van der Waals surface area contributed by atoms with Crippen molar-refractivity contribution in [3.63, 3.8) is 0 Å². The first kappa shape index (κ1) is 15.2. The van der Waals surface area contributed by atoms with Gasteiger partial charge in [0.25, 0.3) is 5.91 Å². The highest BCUT2D eigenvalue weighted by molar-refractivity contribution is 6.32. The number of rotatable bonds is 3. The van der Waals surface area contributed by atoms with Gasteiger partial charge >= 0.3 is 0 Å². The first-order valence-electron chi connectivity index (χ1n) is 7.71. The molecule has 2 aromatic rings. The fourth-order valence-corrected chi connectivity index (χ4v) is 3.03. The maximum Gasteiger partial charge on any atom is 0.278 e. The Bertz CT molecular complexity index is 906. The number of aromatic nitrogens is 1. The van der Waals surface area contributed by atoms with Crippen LogP contribution in [-0.4, -0.2) is 34.4 Å². The van der Waals surface area contributed by atoms with E-state index in [-0.39, 0.29) is 5.78 Å². The maximum atomic E-state index is 12.9. The van der Waals surface area contributed by atoms with Crippen molar-refractivity contribution in [2.75, 3.05) is 4.90 Å². The lowest BCUT2D eigenvalue weighted by molar-refractivity contribution is -0.126. The van der Waals surface area contributed by atoms with Crippen LogP contribution in [0.1, 0.15) is 22.8 Å². The number of ketones is 1. The molecule has 0 radical (unpaired) electrons. The lowest BCUT2D eigenvalue weighted by atomic mass is 9.95. The summed E-state index contributed by atoms with van der Waals surface area (Å²) in [5.41, 5.74) is 1.96. The summed E-state index contributed by atoms with van der Waals surface area (Å²) in [4.78, 5) is 47.2. The van der Waals surface area contributed by atoms with Crippen molar-refractivity contribution < 1.29 is 19.2 Å². The van der Waals surface area contributed by atoms with Crippen molar-refractivity contribution in [2.45, 2.75) is 13.0 Å². The predicted octanol–water partition coefficient (Wildman–Crippen LogP) is 1.58. The standard InChI is InChI=1S/C18H13N3O4/c1-10(22)11-4-6-13(7-5-11)21-17(23)14-15(12-3-2-8-19-9-12)20-25-16(14)18(21)24/h2-9,14,16H,1H3/t14-,16+/m1/s1. The van der Waals surface area contributed by atoms with E-state index in [4.69, 9.17) is 4.84 Å². The van der Waals surface area contributed by atoms with Gasteiger partial charge < -0.3 is 4.84 Å². The Kier molecular flexibility index (Phi) is 3.42. The number of Topliss-reactive ketones (excluding diaryl/α,β-unsaturated/α-hetero) is 1. The summed E-state index contributed by atoms with van der Waals surface area (Å²) in [5.74, 6) is -1.74. The van der Waals surface area contributed by atoms with Crippen molar-refractivity contribution in [2.24, 2.45) is 11.1 Å². The first-order chi connectivity index (χ1) is 12.1. The number of fused-ring (bicyclic) bond motifs is 1. The van der Waals surface area contributed by atoms with Crippen LogP contribution in [0.15, 0.2) is 53.9 Å². The van der Waals surface area contributed by atoms with Crippen LogP contribution in [-0.2, 0) is 14.4 Å². The van der Waals surface area contributed by atoms with Crippen LogP contribution in [0.25, 0.3) is 0 Å². The van der Waals surface area contributed by atoms with E-state index in [0.717, 1.165) is 4.90 Å². The van der Waals surface area contributed by atoms with Crippen LogP contribution in [0.4, 0.5) is 5.69 Å². The minimum Gasteiger partial charge on any atom is -0.381 e. The van der Waals surface area contributed by atoms with Gasteiger partial charge in [-0.1, -0.05) is 5.16 Å². The minimum absolute atomic E-state index is 0.0863. The van der Waals surface area contributed by atoms with Crippen LogP contribution in [0.5, 0.6) is 0 Å². The highest BCUT2D eigenvalue weighted by Crippen LogP contribution is 2.35. The van der Waals surface area contributed by atoms with Crippen molar-refractivity contribution in [1.29, 1.82) is 0 Å². The van der Waals surface area contributed by atoms with Gasteiger partial charge in [0.2, 0.25) is 12.0 Å². The summed E-state index contributed by atoms with van der Waals surface area (Å²) in [6.45, 7) is 1.45. The monoisotopic (exact) mass is 335 g/mol. The zero-order valence-electron chi connectivity index (χ0n) is 13.2. The van der Waals surface area contributed by atoms with Crippen molar-refractivity contribution >= 4 is 29.0 Å². The number of carbonyl (C=O) groups is 3. The Morgan fingerprint density at radius 3 is 2.52 bits per heavy atom. The smallest absolute Gasteiger partial charge is 0.278 e. The Morgan fingerprint density at radius 1 is 1.12 bits per heavy atom. The van der Waals surface area contributed by atoms with E-state index in [1.165, 1.54) is 6.92 Å². The molecular formula is C18H13N3O4. The Hall–Kier alpha value is -3.35. The van der Waals surface area contributed by atoms with Gasteiger partial charge in [-0.2, -0.15) is 0 Å². The van der Waals surface area contributed by atoms with E-state index in [1.807, 2.05) is 0 Å². The first-order valence-corrected chi connectivity index (χ1v) is 7.71. The number of oxime groups is 1. The molecule has 1 aromatic carbocycles. The molecule has 0 spiro atoms. The molecular weight excluding hydrogens is 322 g/mol. The molecule has 2 aliphatic heterocycles. The van der Waals surface area contributed by atoms with Crippen molar-refractivity contribution in [3.8, 4) is 0 Å². The molecule has 2 aliphatic rings. The van der Waals surface area contributed by atoms with Crippen molar-refractivity contribution in [3.05, 3.63) is 59.9 Å². The third kappa shape index (κ3) is 2.32. The van der Waals surface area contributed by atoms with E-state index >= 15 is 0 Å². The molecule has 0 unspecified atom stereocenters. The second kappa shape index (κ2) is 5.62. The number of hydrogen-bond donors (Lipinski definition) is 0. The SMILES string of the molecule is CC(=O)c1ccc(N2C(=O)[C@@H]3C(c4cccnc4)=NO[C@@H]3C2=O)cc1. The van der Waals surface area contributed by atoms with Gasteiger partial charge in [-0.3, -0.25) is 19.4 Å². The zero-order chi connectivity index (χ0) is 17.6. The lowest BCUT2D eigenvalue weighted by Gasteiger charge is -2.15. The molecule has 0 bridgehead atoms. The van der Waals surface area contributed by atoms with Gasteiger partial charge in [0.15, 0.2) is 5.78 Å². The number of benzene rings is 1. The number of nitrogens with zero attached hydrogens (tertiary/aromatic N) is 3. The van der Waals surface area contributed by atoms with E-state index < -0.39 is 23.8 Å². The van der Waals surface area contributed by atoms with Crippen LogP contribution < -0.4 is 4.90 Å². The second-order valence-corrected chi connectivity index (χ2v) is 5.84. The number of carbonyl (C=O) groups excluding carboxylic acids is 3. The molecule has 1 fully saturated rings. The van der Waals surface area contributed by atoms with Gasteiger partial charge in [-0.15, -0.1) is 0 Å². The Labute approximate surface area is 142 Å². The summed E-state index contributed by atoms with van der Waals surface area (Å²) in [7, 11) is 0. The Balaban J connectivity index is 1.67. The molecule has 3 heterocycles.